The molecule has 0 spiro atoms. The van der Waals surface area contributed by atoms with Crippen LogP contribution in [0, 0.1) is 5.92 Å². The van der Waals surface area contributed by atoms with Crippen molar-refractivity contribution >= 4 is 17.3 Å². The first-order valence-electron chi connectivity index (χ1n) is 19.7. The largest absolute Gasteiger partial charge is 0.373 e. The van der Waals surface area contributed by atoms with E-state index in [9.17, 15) is 0 Å². The van der Waals surface area contributed by atoms with Crippen LogP contribution < -0.4 is 5.32 Å². The van der Waals surface area contributed by atoms with Crippen molar-refractivity contribution in [2.75, 3.05) is 31.5 Å². The summed E-state index contributed by atoms with van der Waals surface area (Å²) >= 11 is 6.36. The monoisotopic (exact) mass is 724 g/mol. The Morgan fingerprint density at radius 3 is 2.29 bits per heavy atom. The number of nitrogens with one attached hydrogen (secondary N) is 1. The first-order chi connectivity index (χ1) is 25.3. The SMILES string of the molecule is C=C(CC1CCCCC1)N1CCN(C2c3ccc(Cl)cc3CCc3cccnc32)CC1.C=CNc1cccc(CN(C=C)C=C(C)C)c1.CC.CC. The van der Waals surface area contributed by atoms with Crippen molar-refractivity contribution < 1.29 is 0 Å². The molecule has 1 aliphatic heterocycles. The van der Waals surface area contributed by atoms with Gasteiger partial charge >= 0.3 is 0 Å². The van der Waals surface area contributed by atoms with Crippen LogP contribution >= 0.6 is 11.6 Å². The summed E-state index contributed by atoms with van der Waals surface area (Å²) in [6, 6.07) is 19.3. The van der Waals surface area contributed by atoms with Crippen molar-refractivity contribution in [2.45, 2.75) is 105 Å². The Morgan fingerprint density at radius 2 is 1.62 bits per heavy atom. The van der Waals surface area contributed by atoms with Crippen LogP contribution in [-0.2, 0) is 19.4 Å². The smallest absolute Gasteiger partial charge is 0.0783 e. The Kier molecular flexibility index (Phi) is 18.8. The van der Waals surface area contributed by atoms with Crippen LogP contribution in [0.1, 0.15) is 114 Å². The summed E-state index contributed by atoms with van der Waals surface area (Å²) in [6.45, 7) is 29.2. The summed E-state index contributed by atoms with van der Waals surface area (Å²) in [5.74, 6) is 0.855. The van der Waals surface area contributed by atoms with E-state index in [1.54, 1.807) is 6.20 Å². The number of aryl methyl sites for hydroxylation is 2. The molecule has 2 heterocycles. The van der Waals surface area contributed by atoms with Crippen LogP contribution in [0.15, 0.2) is 110 Å². The molecule has 1 saturated carbocycles. The maximum atomic E-state index is 6.36. The Balaban J connectivity index is 0.000000296. The van der Waals surface area contributed by atoms with E-state index >= 15 is 0 Å². The minimum atomic E-state index is 0.222. The van der Waals surface area contributed by atoms with Crippen molar-refractivity contribution in [3.05, 3.63) is 143 Å². The molecule has 5 nitrogen and oxygen atoms in total. The third-order valence-corrected chi connectivity index (χ3v) is 10.1. The molecule has 1 N–H and O–H groups in total. The van der Waals surface area contributed by atoms with Crippen LogP contribution in [0.2, 0.25) is 5.02 Å². The van der Waals surface area contributed by atoms with E-state index in [0.717, 1.165) is 62.2 Å². The van der Waals surface area contributed by atoms with Crippen molar-refractivity contribution in [1.82, 2.24) is 19.7 Å². The molecule has 3 aliphatic rings. The number of pyridine rings is 1. The van der Waals surface area contributed by atoms with Gasteiger partial charge in [-0.3, -0.25) is 9.88 Å². The molecule has 282 valence electrons. The van der Waals surface area contributed by atoms with Crippen LogP contribution in [0.5, 0.6) is 0 Å². The Morgan fingerprint density at radius 1 is 0.904 bits per heavy atom. The maximum Gasteiger partial charge on any atom is 0.0783 e. The normalized spacial score (nSPS) is 16.7. The lowest BCUT2D eigenvalue weighted by Gasteiger charge is -2.42. The lowest BCUT2D eigenvalue weighted by Crippen LogP contribution is -2.47. The molecular formula is C46H66ClN5. The summed E-state index contributed by atoms with van der Waals surface area (Å²) in [7, 11) is 0. The molecule has 6 heteroatoms. The maximum absolute atomic E-state index is 6.36. The number of piperazine rings is 1. The number of benzene rings is 2. The number of hydrogen-bond acceptors (Lipinski definition) is 5. The number of hydrogen-bond donors (Lipinski definition) is 1. The second-order valence-electron chi connectivity index (χ2n) is 13.7. The van der Waals surface area contributed by atoms with Gasteiger partial charge in [-0.25, -0.2) is 0 Å². The van der Waals surface area contributed by atoms with E-state index in [4.69, 9.17) is 16.6 Å². The standard InChI is InChI=1S/C27H34ClN3.C15H20N2.2C2H6/c1-20(18-21-6-3-2-4-7-21)30-14-16-31(17-15-30)27-25-12-11-24(28)19-23(25)10-9-22-8-5-13-29-26(22)27;1-5-16-15-9-7-8-14(10-15)12-17(6-2)11-13(3)4;2*1-2/h5,8,11-13,19,21,27H,1-4,6-7,9-10,14-18H2;5-11,16H,1-2,12H2,3-4H3;2*1-2H3. The molecular weight excluding hydrogens is 658 g/mol. The lowest BCUT2D eigenvalue weighted by molar-refractivity contribution is 0.124. The summed E-state index contributed by atoms with van der Waals surface area (Å²) in [5.41, 5.74) is 10.3. The van der Waals surface area contributed by atoms with Gasteiger partial charge in [-0.1, -0.05) is 121 Å². The van der Waals surface area contributed by atoms with Crippen LogP contribution in [-0.4, -0.2) is 45.9 Å². The van der Waals surface area contributed by atoms with E-state index < -0.39 is 0 Å². The summed E-state index contributed by atoms with van der Waals surface area (Å²) in [5, 5.41) is 3.92. The molecule has 52 heavy (non-hydrogen) atoms. The van der Waals surface area contributed by atoms with Gasteiger partial charge in [0.1, 0.15) is 0 Å². The van der Waals surface area contributed by atoms with Gasteiger partial charge in [-0.05, 0) is 104 Å². The number of aromatic nitrogens is 1. The van der Waals surface area contributed by atoms with Gasteiger partial charge in [-0.2, -0.15) is 0 Å². The molecule has 0 radical (unpaired) electrons. The number of anilines is 1. The molecule has 1 saturated heterocycles. The first kappa shape index (κ1) is 42.6. The van der Waals surface area contributed by atoms with E-state index in [0.29, 0.717) is 0 Å². The van der Waals surface area contributed by atoms with Gasteiger partial charge in [0.25, 0.3) is 0 Å². The highest BCUT2D eigenvalue weighted by Gasteiger charge is 2.32. The van der Waals surface area contributed by atoms with Crippen LogP contribution in [0.4, 0.5) is 5.69 Å². The Hall–Kier alpha value is -3.80. The fraction of sp³-hybridized carbons (Fsp3) is 0.457. The quantitative estimate of drug-likeness (QED) is 0.225. The lowest BCUT2D eigenvalue weighted by atomic mass is 9.86. The highest BCUT2D eigenvalue weighted by atomic mass is 35.5. The predicted octanol–water partition coefficient (Wildman–Crippen LogP) is 12.2. The summed E-state index contributed by atoms with van der Waals surface area (Å²) in [4.78, 5) is 12.1. The Bertz CT molecular complexity index is 1560. The summed E-state index contributed by atoms with van der Waals surface area (Å²) < 4.78 is 0. The van der Waals surface area contributed by atoms with Crippen molar-refractivity contribution in [1.29, 1.82) is 0 Å². The molecule has 1 atom stereocenters. The molecule has 1 unspecified atom stereocenters. The second kappa shape index (κ2) is 23.0. The number of rotatable bonds is 10. The molecule has 2 aliphatic carbocycles. The number of nitrogens with zero attached hydrogens (tertiary/aromatic N) is 4. The van der Waals surface area contributed by atoms with E-state index in [1.165, 1.54) is 77.7 Å². The van der Waals surface area contributed by atoms with Crippen molar-refractivity contribution in [3.8, 4) is 0 Å². The highest BCUT2D eigenvalue weighted by Crippen LogP contribution is 2.38. The Labute approximate surface area is 322 Å². The van der Waals surface area contributed by atoms with Gasteiger partial charge < -0.3 is 15.1 Å². The topological polar surface area (TPSA) is 34.6 Å². The molecule has 3 aromatic rings. The van der Waals surface area contributed by atoms with E-state index in [1.807, 2.05) is 58.3 Å². The average Bonchev–Trinajstić information content (AvgIpc) is 3.33. The van der Waals surface area contributed by atoms with E-state index in [2.05, 4.69) is 96.2 Å². The molecule has 0 amide bonds. The number of allylic oxidation sites excluding steroid dienone is 2. The van der Waals surface area contributed by atoms with Gasteiger partial charge in [0.05, 0.1) is 11.7 Å². The molecule has 1 aromatic heterocycles. The first-order valence-corrected chi connectivity index (χ1v) is 20.1. The average molecular weight is 725 g/mol. The third kappa shape index (κ3) is 12.7. The number of fused-ring (bicyclic) bond motifs is 2. The van der Waals surface area contributed by atoms with Gasteiger partial charge in [0, 0.05) is 61.5 Å². The zero-order chi connectivity index (χ0) is 37.9. The minimum absolute atomic E-state index is 0.222. The van der Waals surface area contributed by atoms with Gasteiger partial charge in [-0.15, -0.1) is 0 Å². The fourth-order valence-corrected chi connectivity index (χ4v) is 7.68. The molecule has 6 rings (SSSR count). The second-order valence-corrected chi connectivity index (χ2v) is 14.1. The molecule has 2 fully saturated rings. The fourth-order valence-electron chi connectivity index (χ4n) is 7.48. The van der Waals surface area contributed by atoms with Crippen LogP contribution in [0.3, 0.4) is 0 Å². The van der Waals surface area contributed by atoms with Crippen molar-refractivity contribution in [2.24, 2.45) is 5.92 Å². The molecule has 0 bridgehead atoms. The van der Waals surface area contributed by atoms with Crippen molar-refractivity contribution in [3.63, 3.8) is 0 Å². The van der Waals surface area contributed by atoms with Gasteiger partial charge in [0.15, 0.2) is 0 Å². The summed E-state index contributed by atoms with van der Waals surface area (Å²) in [6.07, 6.45) is 17.8. The van der Waals surface area contributed by atoms with E-state index in [-0.39, 0.29) is 6.04 Å². The minimum Gasteiger partial charge on any atom is -0.373 e. The highest BCUT2D eigenvalue weighted by molar-refractivity contribution is 6.30. The third-order valence-electron chi connectivity index (χ3n) is 9.84. The zero-order valence-electron chi connectivity index (χ0n) is 33.1. The molecule has 2 aromatic carbocycles. The van der Waals surface area contributed by atoms with Crippen LogP contribution in [0.25, 0.3) is 0 Å². The zero-order valence-corrected chi connectivity index (χ0v) is 33.9. The van der Waals surface area contributed by atoms with Gasteiger partial charge in [0.2, 0.25) is 0 Å². The number of halogens is 1. The predicted molar refractivity (Wildman–Crippen MR) is 227 cm³/mol.